The molecule has 4 heteroatoms. The van der Waals surface area contributed by atoms with Crippen LogP contribution in [-0.4, -0.2) is 39.0 Å². The Morgan fingerprint density at radius 3 is 2.71 bits per heavy atom. The lowest BCUT2D eigenvalue weighted by Gasteiger charge is -2.29. The van der Waals surface area contributed by atoms with E-state index in [1.165, 1.54) is 7.11 Å². The molecule has 4 nitrogen and oxygen atoms in total. The van der Waals surface area contributed by atoms with Gasteiger partial charge in [-0.25, -0.2) is 0 Å². The molecule has 1 aromatic rings. The first-order valence-corrected chi connectivity index (χ1v) is 5.65. The zero-order chi connectivity index (χ0) is 12.1. The number of benzene rings is 1. The largest absolute Gasteiger partial charge is 0.468 e. The molecule has 0 aliphatic carbocycles. The van der Waals surface area contributed by atoms with Gasteiger partial charge in [0.1, 0.15) is 5.92 Å². The van der Waals surface area contributed by atoms with E-state index in [1.54, 1.807) is 0 Å². The molecule has 1 aromatic carbocycles. The Morgan fingerprint density at radius 1 is 1.35 bits per heavy atom. The fourth-order valence-electron chi connectivity index (χ4n) is 1.99. The lowest BCUT2D eigenvalue weighted by Crippen LogP contribution is -2.37. The molecule has 0 spiro atoms. The van der Waals surface area contributed by atoms with Crippen molar-refractivity contribution in [1.82, 2.24) is 0 Å². The van der Waals surface area contributed by atoms with E-state index in [2.05, 4.69) is 0 Å². The van der Waals surface area contributed by atoms with Gasteiger partial charge in [0.15, 0.2) is 0 Å². The van der Waals surface area contributed by atoms with Gasteiger partial charge in [0.05, 0.1) is 33.0 Å². The van der Waals surface area contributed by atoms with Gasteiger partial charge in [-0.1, -0.05) is 30.3 Å². The van der Waals surface area contributed by atoms with Crippen LogP contribution in [0, 0.1) is 0 Å². The van der Waals surface area contributed by atoms with Crippen molar-refractivity contribution in [2.45, 2.75) is 12.0 Å². The van der Waals surface area contributed by atoms with Crippen LogP contribution in [0.2, 0.25) is 0 Å². The van der Waals surface area contributed by atoms with Gasteiger partial charge in [0.2, 0.25) is 0 Å². The minimum absolute atomic E-state index is 0.265. The van der Waals surface area contributed by atoms with Crippen molar-refractivity contribution in [2.75, 3.05) is 26.9 Å². The molecule has 0 saturated carbocycles. The Bertz CT molecular complexity index is 357. The third-order valence-electron chi connectivity index (χ3n) is 2.83. The summed E-state index contributed by atoms with van der Waals surface area (Å²) in [5.74, 6) is -0.701. The van der Waals surface area contributed by atoms with Crippen LogP contribution >= 0.6 is 0 Å². The smallest absolute Gasteiger partial charge is 0.315 e. The van der Waals surface area contributed by atoms with Crippen molar-refractivity contribution in [1.29, 1.82) is 0 Å². The molecule has 2 rings (SSSR count). The van der Waals surface area contributed by atoms with Crippen molar-refractivity contribution in [3.8, 4) is 0 Å². The Kier molecular flexibility index (Phi) is 4.12. The van der Waals surface area contributed by atoms with Gasteiger partial charge in [-0.2, -0.15) is 0 Å². The molecule has 1 fully saturated rings. The molecular weight excluding hydrogens is 220 g/mol. The Labute approximate surface area is 100 Å². The van der Waals surface area contributed by atoms with Gasteiger partial charge in [-0.05, 0) is 5.56 Å². The fourth-order valence-corrected chi connectivity index (χ4v) is 1.99. The number of carbonyl (C=O) groups excluding carboxylic acids is 1. The van der Waals surface area contributed by atoms with Crippen LogP contribution in [0.15, 0.2) is 30.3 Å². The fraction of sp³-hybridized carbons (Fsp3) is 0.462. The second-order valence-electron chi connectivity index (χ2n) is 3.90. The number of methoxy groups -OCH3 is 1. The second-order valence-corrected chi connectivity index (χ2v) is 3.90. The highest BCUT2D eigenvalue weighted by Gasteiger charge is 2.33. The normalized spacial score (nSPS) is 21.8. The van der Waals surface area contributed by atoms with E-state index in [4.69, 9.17) is 14.2 Å². The lowest BCUT2D eigenvalue weighted by molar-refractivity contribution is -0.154. The lowest BCUT2D eigenvalue weighted by atomic mass is 9.93. The molecule has 1 heterocycles. The van der Waals surface area contributed by atoms with Crippen molar-refractivity contribution < 1.29 is 19.0 Å². The Balaban J connectivity index is 2.21. The zero-order valence-corrected chi connectivity index (χ0v) is 9.80. The quantitative estimate of drug-likeness (QED) is 0.743. The van der Waals surface area contributed by atoms with Crippen LogP contribution in [0.5, 0.6) is 0 Å². The molecule has 1 saturated heterocycles. The minimum atomic E-state index is -0.415. The van der Waals surface area contributed by atoms with Gasteiger partial charge in [-0.15, -0.1) is 0 Å². The van der Waals surface area contributed by atoms with E-state index in [0.29, 0.717) is 19.8 Å². The number of hydrogen-bond donors (Lipinski definition) is 0. The third-order valence-corrected chi connectivity index (χ3v) is 2.83. The van der Waals surface area contributed by atoms with E-state index >= 15 is 0 Å². The van der Waals surface area contributed by atoms with Crippen LogP contribution in [-0.2, 0) is 19.0 Å². The number of ether oxygens (including phenoxy) is 3. The SMILES string of the molecule is COC(=O)[C@@H](c1ccccc1)[C@@H]1COCCO1. The van der Waals surface area contributed by atoms with Crippen LogP contribution < -0.4 is 0 Å². The van der Waals surface area contributed by atoms with E-state index in [0.717, 1.165) is 5.56 Å². The van der Waals surface area contributed by atoms with Crippen molar-refractivity contribution in [3.05, 3.63) is 35.9 Å². The van der Waals surface area contributed by atoms with E-state index in [1.807, 2.05) is 30.3 Å². The van der Waals surface area contributed by atoms with Crippen molar-refractivity contribution >= 4 is 5.97 Å². The summed E-state index contributed by atoms with van der Waals surface area (Å²) in [7, 11) is 1.39. The Morgan fingerprint density at radius 2 is 2.12 bits per heavy atom. The number of hydrogen-bond acceptors (Lipinski definition) is 4. The summed E-state index contributed by atoms with van der Waals surface area (Å²) in [6.45, 7) is 1.53. The molecule has 1 aliphatic rings. The third kappa shape index (κ3) is 2.84. The van der Waals surface area contributed by atoms with E-state index in [9.17, 15) is 4.79 Å². The van der Waals surface area contributed by atoms with E-state index < -0.39 is 5.92 Å². The predicted octanol–water partition coefficient (Wildman–Crippen LogP) is 1.36. The van der Waals surface area contributed by atoms with Gasteiger partial charge in [0, 0.05) is 0 Å². The number of rotatable bonds is 3. The highest BCUT2D eigenvalue weighted by atomic mass is 16.6. The molecular formula is C13H16O4. The van der Waals surface area contributed by atoms with Crippen LogP contribution in [0.3, 0.4) is 0 Å². The maximum Gasteiger partial charge on any atom is 0.315 e. The monoisotopic (exact) mass is 236 g/mol. The number of carbonyl (C=O) groups is 1. The summed E-state index contributed by atoms with van der Waals surface area (Å²) in [6, 6.07) is 9.51. The van der Waals surface area contributed by atoms with Gasteiger partial charge < -0.3 is 14.2 Å². The summed E-state index contributed by atoms with van der Waals surface area (Å²) in [5.41, 5.74) is 0.898. The first-order valence-electron chi connectivity index (χ1n) is 5.65. The molecule has 0 amide bonds. The van der Waals surface area contributed by atoms with Crippen LogP contribution in [0.1, 0.15) is 11.5 Å². The molecule has 2 atom stereocenters. The maximum absolute atomic E-state index is 11.9. The van der Waals surface area contributed by atoms with E-state index in [-0.39, 0.29) is 12.1 Å². The summed E-state index contributed by atoms with van der Waals surface area (Å²) < 4.78 is 15.8. The topological polar surface area (TPSA) is 44.8 Å². The van der Waals surface area contributed by atoms with Gasteiger partial charge >= 0.3 is 5.97 Å². The summed E-state index contributed by atoms with van der Waals surface area (Å²) in [5, 5.41) is 0. The van der Waals surface area contributed by atoms with Crippen LogP contribution in [0.25, 0.3) is 0 Å². The average Bonchev–Trinajstić information content (AvgIpc) is 2.41. The highest BCUT2D eigenvalue weighted by molar-refractivity contribution is 5.78. The van der Waals surface area contributed by atoms with Crippen molar-refractivity contribution in [2.24, 2.45) is 0 Å². The first-order chi connectivity index (χ1) is 8.33. The van der Waals surface area contributed by atoms with Crippen molar-refractivity contribution in [3.63, 3.8) is 0 Å². The molecule has 17 heavy (non-hydrogen) atoms. The predicted molar refractivity (Wildman–Crippen MR) is 61.8 cm³/mol. The van der Waals surface area contributed by atoms with Gasteiger partial charge in [-0.3, -0.25) is 4.79 Å². The highest BCUT2D eigenvalue weighted by Crippen LogP contribution is 2.25. The molecule has 0 aromatic heterocycles. The number of esters is 1. The first kappa shape index (κ1) is 12.1. The maximum atomic E-state index is 11.9. The van der Waals surface area contributed by atoms with Gasteiger partial charge in [0.25, 0.3) is 0 Å². The molecule has 0 N–H and O–H groups in total. The molecule has 1 aliphatic heterocycles. The molecule has 92 valence electrons. The van der Waals surface area contributed by atoms with Crippen LogP contribution in [0.4, 0.5) is 0 Å². The summed E-state index contributed by atoms with van der Waals surface area (Å²) in [6.07, 6.45) is -0.265. The summed E-state index contributed by atoms with van der Waals surface area (Å²) >= 11 is 0. The molecule has 0 unspecified atom stereocenters. The molecule has 0 bridgehead atoms. The minimum Gasteiger partial charge on any atom is -0.468 e. The second kappa shape index (κ2) is 5.80. The summed E-state index contributed by atoms with van der Waals surface area (Å²) in [4.78, 5) is 11.9. The average molecular weight is 236 g/mol. The zero-order valence-electron chi connectivity index (χ0n) is 9.80. The molecule has 0 radical (unpaired) electrons. The Hall–Kier alpha value is -1.39. The standard InChI is InChI=1S/C13H16O4/c1-15-13(14)12(10-5-3-2-4-6-10)11-9-16-7-8-17-11/h2-6,11-12H,7-9H2,1H3/t11-,12-/m0/s1.